The van der Waals surface area contributed by atoms with Crippen molar-refractivity contribution >= 4 is 13.4 Å². The number of allylic oxidation sites excluding steroid dienone is 1. The maximum Gasteiger partial charge on any atom is 0.385 e. The van der Waals surface area contributed by atoms with Crippen LogP contribution in [0.4, 0.5) is 0 Å². The third kappa shape index (κ3) is 5.09. The molecule has 0 bridgehead atoms. The van der Waals surface area contributed by atoms with E-state index in [-0.39, 0.29) is 17.3 Å². The van der Waals surface area contributed by atoms with Crippen molar-refractivity contribution < 1.29 is 28.0 Å². The molecule has 0 aromatic heterocycles. The maximum absolute atomic E-state index is 12.5. The van der Waals surface area contributed by atoms with Crippen molar-refractivity contribution in [1.82, 2.24) is 0 Å². The molecule has 0 radical (unpaired) electrons. The van der Waals surface area contributed by atoms with Crippen molar-refractivity contribution in [2.45, 2.75) is 71.3 Å². The van der Waals surface area contributed by atoms with Gasteiger partial charge in [-0.25, -0.2) is 4.57 Å². The molecule has 3 aliphatic carbocycles. The normalized spacial score (nSPS) is 30.5. The van der Waals surface area contributed by atoms with Gasteiger partial charge in [0.1, 0.15) is 17.1 Å². The summed E-state index contributed by atoms with van der Waals surface area (Å²) in [6, 6.07) is 3.92. The van der Waals surface area contributed by atoms with Crippen molar-refractivity contribution in [2.75, 3.05) is 13.5 Å². The molecule has 0 amide bonds. The molecule has 0 aliphatic heterocycles. The van der Waals surface area contributed by atoms with Crippen LogP contribution in [0.2, 0.25) is 0 Å². The molecule has 1 aromatic carbocycles. The SMILES string of the molecule is C=C(C)O[C@H]1CCC2[C@@H]3CCc4cc(OCOP(C)(=O)ON=[N+]=[N-])c(C(C)=O)cc4C3CC[C@@]21C. The van der Waals surface area contributed by atoms with E-state index in [1.54, 1.807) is 0 Å². The second-order valence-corrected chi connectivity index (χ2v) is 12.3. The van der Waals surface area contributed by atoms with Crippen molar-refractivity contribution in [3.8, 4) is 5.75 Å². The van der Waals surface area contributed by atoms with Crippen molar-refractivity contribution in [3.05, 3.63) is 51.6 Å². The fraction of sp³-hybridized carbons (Fsp3) is 0.640. The summed E-state index contributed by atoms with van der Waals surface area (Å²) in [5, 5.41) is 2.83. The molecule has 0 N–H and O–H groups in total. The highest BCUT2D eigenvalue weighted by molar-refractivity contribution is 7.52. The number of aryl methyl sites for hydroxylation is 1. The number of benzene rings is 1. The van der Waals surface area contributed by atoms with Crippen LogP contribution in [0.1, 0.15) is 80.3 Å². The summed E-state index contributed by atoms with van der Waals surface area (Å²) in [5.41, 5.74) is 11.4. The summed E-state index contributed by atoms with van der Waals surface area (Å²) in [5.74, 6) is 2.66. The van der Waals surface area contributed by atoms with E-state index in [1.807, 2.05) is 19.1 Å². The van der Waals surface area contributed by atoms with Gasteiger partial charge in [0.25, 0.3) is 0 Å². The van der Waals surface area contributed by atoms with E-state index in [4.69, 9.17) is 19.5 Å². The number of carbonyl (C=O) groups excluding carboxylic acids is 1. The summed E-state index contributed by atoms with van der Waals surface area (Å²) in [6.07, 6.45) is 6.63. The van der Waals surface area contributed by atoms with Gasteiger partial charge in [-0.05, 0) is 98.9 Å². The smallest absolute Gasteiger partial charge is 0.385 e. The molecule has 1 aromatic rings. The van der Waals surface area contributed by atoms with Crippen LogP contribution >= 0.6 is 7.60 Å². The average Bonchev–Trinajstić information content (AvgIpc) is 3.12. The van der Waals surface area contributed by atoms with Gasteiger partial charge in [0, 0.05) is 10.3 Å². The molecule has 10 heteroatoms. The lowest BCUT2D eigenvalue weighted by Crippen LogP contribution is -2.44. The number of azide groups is 1. The van der Waals surface area contributed by atoms with Crippen molar-refractivity contribution in [2.24, 2.45) is 22.5 Å². The molecule has 6 atom stereocenters. The monoisotopic (exact) mass is 503 g/mol. The zero-order chi connectivity index (χ0) is 25.4. The fourth-order valence-electron chi connectivity index (χ4n) is 6.67. The Labute approximate surface area is 206 Å². The minimum atomic E-state index is -3.60. The highest BCUT2D eigenvalue weighted by Crippen LogP contribution is 2.62. The number of carbonyl (C=O) groups is 1. The molecule has 2 fully saturated rings. The first kappa shape index (κ1) is 25.6. The van der Waals surface area contributed by atoms with Gasteiger partial charge in [-0.2, -0.15) is 0 Å². The molecular formula is C25H34N3O6P. The van der Waals surface area contributed by atoms with E-state index in [2.05, 4.69) is 28.3 Å². The van der Waals surface area contributed by atoms with Gasteiger partial charge in [-0.3, -0.25) is 9.32 Å². The van der Waals surface area contributed by atoms with Crippen molar-refractivity contribution in [3.63, 3.8) is 0 Å². The average molecular weight is 504 g/mol. The Morgan fingerprint density at radius 2 is 2.06 bits per heavy atom. The van der Waals surface area contributed by atoms with E-state index in [1.165, 1.54) is 24.7 Å². The van der Waals surface area contributed by atoms with Crippen LogP contribution in [-0.2, 0) is 24.9 Å². The first-order valence-electron chi connectivity index (χ1n) is 12.1. The molecule has 3 aliphatic rings. The Bertz CT molecular complexity index is 1120. The van der Waals surface area contributed by atoms with Gasteiger partial charge in [0.05, 0.1) is 18.0 Å². The fourth-order valence-corrected chi connectivity index (χ4v) is 7.13. The Balaban J connectivity index is 1.54. The first-order chi connectivity index (χ1) is 16.6. The lowest BCUT2D eigenvalue weighted by molar-refractivity contribution is -0.0378. The molecule has 9 nitrogen and oxygen atoms in total. The van der Waals surface area contributed by atoms with Crippen LogP contribution in [0.25, 0.3) is 10.4 Å². The van der Waals surface area contributed by atoms with Gasteiger partial charge in [-0.1, -0.05) is 13.5 Å². The molecule has 4 rings (SSSR count). The number of ketones is 1. The molecule has 35 heavy (non-hydrogen) atoms. The second kappa shape index (κ2) is 9.88. The minimum Gasteiger partial charge on any atom is -0.495 e. The van der Waals surface area contributed by atoms with Crippen LogP contribution in [0.15, 0.2) is 29.7 Å². The van der Waals surface area contributed by atoms with Crippen LogP contribution < -0.4 is 4.74 Å². The first-order valence-corrected chi connectivity index (χ1v) is 14.1. The number of fused-ring (bicyclic) bond motifs is 5. The zero-order valence-corrected chi connectivity index (χ0v) is 21.8. The van der Waals surface area contributed by atoms with Crippen LogP contribution in [-0.4, -0.2) is 25.3 Å². The summed E-state index contributed by atoms with van der Waals surface area (Å²) in [7, 11) is -3.60. The predicted octanol–water partition coefficient (Wildman–Crippen LogP) is 7.08. The molecule has 3 unspecified atom stereocenters. The zero-order valence-electron chi connectivity index (χ0n) is 20.9. The number of rotatable bonds is 9. The third-order valence-corrected chi connectivity index (χ3v) is 9.13. The van der Waals surface area contributed by atoms with Gasteiger partial charge in [0.15, 0.2) is 12.6 Å². The standard InChI is InChI=1S/C25H34N3O6P/c1-15(2)33-24-9-8-22-19-7-6-17-12-23(31-14-32-35(5,30)34-28-27-26)20(16(3)29)13-21(17)18(19)10-11-25(22,24)4/h12-13,18-19,22,24H,1,6-11,14H2,2-5H3/t18?,19-,22?,24+,25+,35?/m1/s1. The van der Waals surface area contributed by atoms with Gasteiger partial charge in [-0.15, -0.1) is 0 Å². The topological polar surface area (TPSA) is 120 Å². The summed E-state index contributed by atoms with van der Waals surface area (Å²) < 4.78 is 33.6. The second-order valence-electron chi connectivity index (χ2n) is 10.4. The van der Waals surface area contributed by atoms with Crippen LogP contribution in [0.3, 0.4) is 0 Å². The minimum absolute atomic E-state index is 0.105. The molecule has 0 saturated heterocycles. The highest BCUT2D eigenvalue weighted by atomic mass is 31.2. The van der Waals surface area contributed by atoms with Gasteiger partial charge in [0.2, 0.25) is 0 Å². The highest BCUT2D eigenvalue weighted by Gasteiger charge is 2.55. The van der Waals surface area contributed by atoms with E-state index in [9.17, 15) is 9.36 Å². The van der Waals surface area contributed by atoms with E-state index in [0.29, 0.717) is 29.1 Å². The molecule has 190 valence electrons. The van der Waals surface area contributed by atoms with Gasteiger partial charge >= 0.3 is 7.60 Å². The third-order valence-electron chi connectivity index (χ3n) is 8.18. The van der Waals surface area contributed by atoms with Crippen LogP contribution in [0, 0.1) is 17.3 Å². The Kier molecular flexibility index (Phi) is 7.23. The predicted molar refractivity (Wildman–Crippen MR) is 131 cm³/mol. The molecular weight excluding hydrogens is 469 g/mol. The molecule has 2 saturated carbocycles. The largest absolute Gasteiger partial charge is 0.495 e. The summed E-state index contributed by atoms with van der Waals surface area (Å²) in [6.45, 7) is 10.6. The van der Waals surface area contributed by atoms with E-state index < -0.39 is 14.4 Å². The van der Waals surface area contributed by atoms with Crippen molar-refractivity contribution in [1.29, 1.82) is 0 Å². The number of hydrogen-bond acceptors (Lipinski definition) is 7. The summed E-state index contributed by atoms with van der Waals surface area (Å²) in [4.78, 5) is 14.9. The van der Waals surface area contributed by atoms with Crippen LogP contribution in [0.5, 0.6) is 5.75 Å². The molecule has 0 heterocycles. The van der Waals surface area contributed by atoms with E-state index in [0.717, 1.165) is 44.3 Å². The Morgan fingerprint density at radius 3 is 2.74 bits per heavy atom. The maximum atomic E-state index is 12.5. The number of hydrogen-bond donors (Lipinski definition) is 0. The lowest BCUT2D eigenvalue weighted by atomic mass is 9.55. The number of Topliss-reactive ketones (excluding diaryl/α,β-unsaturated/α-hetero) is 1. The van der Waals surface area contributed by atoms with E-state index >= 15 is 0 Å². The Morgan fingerprint density at radius 1 is 1.29 bits per heavy atom. The quantitative estimate of drug-likeness (QED) is 0.0519. The lowest BCUT2D eigenvalue weighted by Gasteiger charge is -2.50. The molecule has 0 spiro atoms. The Hall–Kier alpha value is -2.47. The number of ether oxygens (including phenoxy) is 2. The summed E-state index contributed by atoms with van der Waals surface area (Å²) >= 11 is 0. The van der Waals surface area contributed by atoms with Gasteiger partial charge < -0.3 is 14.1 Å². The number of nitrogens with zero attached hydrogens (tertiary/aromatic N) is 3.